The maximum absolute atomic E-state index is 6.01. The van der Waals surface area contributed by atoms with Crippen molar-refractivity contribution < 1.29 is 0 Å². The van der Waals surface area contributed by atoms with E-state index in [9.17, 15) is 0 Å². The molecule has 0 spiro atoms. The maximum atomic E-state index is 6.01. The first kappa shape index (κ1) is 12.7. The minimum Gasteiger partial charge on any atom is -0.398 e. The molecule has 0 radical (unpaired) electrons. The van der Waals surface area contributed by atoms with Gasteiger partial charge in [0.05, 0.1) is 0 Å². The van der Waals surface area contributed by atoms with Crippen LogP contribution in [0.25, 0.3) is 10.8 Å². The van der Waals surface area contributed by atoms with E-state index in [1.807, 2.05) is 18.3 Å². The van der Waals surface area contributed by atoms with Gasteiger partial charge in [0.1, 0.15) is 0 Å². The van der Waals surface area contributed by atoms with Gasteiger partial charge in [0.25, 0.3) is 0 Å². The van der Waals surface area contributed by atoms with Crippen LogP contribution in [0.4, 0.5) is 11.4 Å². The summed E-state index contributed by atoms with van der Waals surface area (Å²) < 4.78 is 0. The molecule has 2 rings (SSSR count). The molecule has 96 valence electrons. The Labute approximate surface area is 109 Å². The molecular formula is C15H21N3. The summed E-state index contributed by atoms with van der Waals surface area (Å²) in [4.78, 5) is 6.48. The predicted octanol–water partition coefficient (Wildman–Crippen LogP) is 3.30. The second-order valence-electron chi connectivity index (χ2n) is 6.01. The molecule has 0 amide bonds. The van der Waals surface area contributed by atoms with E-state index in [2.05, 4.69) is 43.8 Å². The van der Waals surface area contributed by atoms with E-state index in [0.29, 0.717) is 0 Å². The van der Waals surface area contributed by atoms with E-state index in [-0.39, 0.29) is 5.41 Å². The number of pyridine rings is 1. The molecule has 0 fully saturated rings. The second kappa shape index (κ2) is 4.48. The summed E-state index contributed by atoms with van der Waals surface area (Å²) in [5.74, 6) is 0. The normalized spacial score (nSPS) is 11.8. The lowest BCUT2D eigenvalue weighted by atomic mass is 9.95. The van der Waals surface area contributed by atoms with Crippen molar-refractivity contribution in [2.75, 3.05) is 24.2 Å². The van der Waals surface area contributed by atoms with Crippen LogP contribution in [0.5, 0.6) is 0 Å². The van der Waals surface area contributed by atoms with E-state index < -0.39 is 0 Å². The minimum absolute atomic E-state index is 0.255. The molecule has 2 N–H and O–H groups in total. The predicted molar refractivity (Wildman–Crippen MR) is 78.9 cm³/mol. The number of nitrogens with two attached hydrogens (primary N) is 1. The highest BCUT2D eigenvalue weighted by Crippen LogP contribution is 2.31. The van der Waals surface area contributed by atoms with Crippen LogP contribution in [0.3, 0.4) is 0 Å². The lowest BCUT2D eigenvalue weighted by molar-refractivity contribution is 0.419. The van der Waals surface area contributed by atoms with Crippen molar-refractivity contribution >= 4 is 22.1 Å². The van der Waals surface area contributed by atoms with E-state index in [1.165, 1.54) is 5.69 Å². The molecule has 1 aromatic heterocycles. The fourth-order valence-corrected chi connectivity index (χ4v) is 2.33. The Kier molecular flexibility index (Phi) is 3.16. The molecule has 3 heteroatoms. The molecule has 0 atom stereocenters. The van der Waals surface area contributed by atoms with Gasteiger partial charge in [0.15, 0.2) is 0 Å². The highest BCUT2D eigenvalue weighted by molar-refractivity contribution is 6.00. The first-order valence-corrected chi connectivity index (χ1v) is 6.22. The van der Waals surface area contributed by atoms with Gasteiger partial charge in [0, 0.05) is 48.1 Å². The fraction of sp³-hybridized carbons (Fsp3) is 0.400. The van der Waals surface area contributed by atoms with Crippen LogP contribution in [-0.4, -0.2) is 18.6 Å². The molecule has 0 saturated heterocycles. The van der Waals surface area contributed by atoms with Gasteiger partial charge in [-0.3, -0.25) is 4.98 Å². The van der Waals surface area contributed by atoms with Crippen molar-refractivity contribution in [1.82, 2.24) is 4.98 Å². The van der Waals surface area contributed by atoms with Crippen molar-refractivity contribution in [3.05, 3.63) is 30.6 Å². The van der Waals surface area contributed by atoms with Crippen LogP contribution < -0.4 is 10.6 Å². The van der Waals surface area contributed by atoms with Crippen LogP contribution in [-0.2, 0) is 0 Å². The average molecular weight is 243 g/mol. The molecule has 0 unspecified atom stereocenters. The van der Waals surface area contributed by atoms with Crippen molar-refractivity contribution in [3.8, 4) is 0 Å². The average Bonchev–Trinajstić information content (AvgIpc) is 2.27. The Bertz CT molecular complexity index is 555. The molecule has 0 aliphatic carbocycles. The van der Waals surface area contributed by atoms with Gasteiger partial charge in [-0.1, -0.05) is 20.8 Å². The minimum atomic E-state index is 0.255. The van der Waals surface area contributed by atoms with Gasteiger partial charge in [0.2, 0.25) is 0 Å². The second-order valence-corrected chi connectivity index (χ2v) is 6.01. The van der Waals surface area contributed by atoms with Crippen LogP contribution >= 0.6 is 0 Å². The van der Waals surface area contributed by atoms with Crippen molar-refractivity contribution in [2.24, 2.45) is 5.41 Å². The quantitative estimate of drug-likeness (QED) is 0.823. The number of nitrogen functional groups attached to an aromatic ring is 1. The number of hydrogen-bond acceptors (Lipinski definition) is 3. The lowest BCUT2D eigenvalue weighted by Gasteiger charge is -2.29. The highest BCUT2D eigenvalue weighted by atomic mass is 15.1. The topological polar surface area (TPSA) is 42.1 Å². The number of nitrogens with zero attached hydrogens (tertiary/aromatic N) is 2. The number of rotatable bonds is 2. The van der Waals surface area contributed by atoms with Gasteiger partial charge < -0.3 is 10.6 Å². The molecule has 3 nitrogen and oxygen atoms in total. The standard InChI is InChI=1S/C15H21N3/c1-15(2,3)10-18(4)14-6-5-13(16)11-7-8-17-9-12(11)14/h5-9H,10,16H2,1-4H3. The molecule has 0 aliphatic rings. The first-order chi connectivity index (χ1) is 8.38. The van der Waals surface area contributed by atoms with Crippen molar-refractivity contribution in [3.63, 3.8) is 0 Å². The number of anilines is 2. The molecule has 2 aromatic rings. The smallest absolute Gasteiger partial charge is 0.0460 e. The van der Waals surface area contributed by atoms with E-state index in [1.54, 1.807) is 6.20 Å². The van der Waals surface area contributed by atoms with Gasteiger partial charge in [-0.2, -0.15) is 0 Å². The van der Waals surface area contributed by atoms with Crippen LogP contribution in [0.15, 0.2) is 30.6 Å². The summed E-state index contributed by atoms with van der Waals surface area (Å²) in [5.41, 5.74) is 8.25. The van der Waals surface area contributed by atoms with Crippen LogP contribution in [0.2, 0.25) is 0 Å². The summed E-state index contributed by atoms with van der Waals surface area (Å²) >= 11 is 0. The summed E-state index contributed by atoms with van der Waals surface area (Å²) in [7, 11) is 2.11. The SMILES string of the molecule is CN(CC(C)(C)C)c1ccc(N)c2ccncc12. The summed E-state index contributed by atoms with van der Waals surface area (Å²) in [6, 6.07) is 6.01. The van der Waals surface area contributed by atoms with Gasteiger partial charge in [-0.05, 0) is 23.6 Å². The molecule has 0 bridgehead atoms. The molecule has 1 heterocycles. The van der Waals surface area contributed by atoms with E-state index >= 15 is 0 Å². The summed E-state index contributed by atoms with van der Waals surface area (Å²) in [6.07, 6.45) is 3.67. The van der Waals surface area contributed by atoms with Crippen LogP contribution in [0, 0.1) is 5.41 Å². The number of benzene rings is 1. The zero-order chi connectivity index (χ0) is 13.3. The third-order valence-electron chi connectivity index (χ3n) is 2.95. The molecule has 0 saturated carbocycles. The summed E-state index contributed by atoms with van der Waals surface area (Å²) in [6.45, 7) is 7.70. The van der Waals surface area contributed by atoms with Crippen LogP contribution in [0.1, 0.15) is 20.8 Å². The first-order valence-electron chi connectivity index (χ1n) is 6.22. The lowest BCUT2D eigenvalue weighted by Crippen LogP contribution is -2.29. The Morgan fingerprint density at radius 3 is 2.56 bits per heavy atom. The van der Waals surface area contributed by atoms with Crippen molar-refractivity contribution in [2.45, 2.75) is 20.8 Å². The molecular weight excluding hydrogens is 222 g/mol. The zero-order valence-corrected chi connectivity index (χ0v) is 11.6. The number of aromatic nitrogens is 1. The Balaban J connectivity index is 2.49. The van der Waals surface area contributed by atoms with Gasteiger partial charge in [-0.25, -0.2) is 0 Å². The fourth-order valence-electron chi connectivity index (χ4n) is 2.33. The number of fused-ring (bicyclic) bond motifs is 1. The van der Waals surface area contributed by atoms with Gasteiger partial charge in [-0.15, -0.1) is 0 Å². The third kappa shape index (κ3) is 2.55. The summed E-state index contributed by atoms with van der Waals surface area (Å²) in [5, 5.41) is 2.19. The monoisotopic (exact) mass is 243 g/mol. The highest BCUT2D eigenvalue weighted by Gasteiger charge is 2.16. The van der Waals surface area contributed by atoms with E-state index in [4.69, 9.17) is 5.73 Å². The van der Waals surface area contributed by atoms with E-state index in [0.717, 1.165) is 23.0 Å². The molecule has 18 heavy (non-hydrogen) atoms. The Hall–Kier alpha value is -1.77. The van der Waals surface area contributed by atoms with Gasteiger partial charge >= 0.3 is 0 Å². The molecule has 1 aromatic carbocycles. The number of hydrogen-bond donors (Lipinski definition) is 1. The Morgan fingerprint density at radius 1 is 1.17 bits per heavy atom. The zero-order valence-electron chi connectivity index (χ0n) is 11.6. The Morgan fingerprint density at radius 2 is 1.89 bits per heavy atom. The van der Waals surface area contributed by atoms with Crippen molar-refractivity contribution in [1.29, 1.82) is 0 Å². The third-order valence-corrected chi connectivity index (χ3v) is 2.95. The molecule has 0 aliphatic heterocycles. The maximum Gasteiger partial charge on any atom is 0.0460 e. The largest absolute Gasteiger partial charge is 0.398 e.